The summed E-state index contributed by atoms with van der Waals surface area (Å²) in [5.41, 5.74) is 2.57. The first-order chi connectivity index (χ1) is 14.0. The summed E-state index contributed by atoms with van der Waals surface area (Å²) in [5.74, 6) is -1.44. The topological polar surface area (TPSA) is 44.4 Å². The first-order valence-corrected chi connectivity index (χ1v) is 10.3. The second kappa shape index (κ2) is 8.49. The number of amides is 2. The monoisotopic (exact) mass is 399 g/mol. The first-order valence-electron chi connectivity index (χ1n) is 10.3. The Labute approximate surface area is 170 Å². The molecule has 2 bridgehead atoms. The molecule has 2 aliphatic heterocycles. The molecule has 0 radical (unpaired) electrons. The van der Waals surface area contributed by atoms with Crippen LogP contribution in [0, 0.1) is 18.6 Å². The molecule has 4 rings (SSSR count). The SMILES string of the molecule is Cc1ccc(CN2[C@@H]3CCC[C@H]2CC(NC(=O)Nc2ccc(F)cc2F)C3)cc1. The molecule has 6 heteroatoms. The van der Waals surface area contributed by atoms with Gasteiger partial charge in [-0.15, -0.1) is 0 Å². The van der Waals surface area contributed by atoms with Crippen LogP contribution < -0.4 is 10.6 Å². The molecule has 4 nitrogen and oxygen atoms in total. The van der Waals surface area contributed by atoms with Gasteiger partial charge >= 0.3 is 6.03 Å². The van der Waals surface area contributed by atoms with Crippen LogP contribution in [-0.2, 0) is 6.54 Å². The highest BCUT2D eigenvalue weighted by molar-refractivity contribution is 5.89. The number of piperidine rings is 2. The number of nitrogens with one attached hydrogen (secondary N) is 2. The lowest BCUT2D eigenvalue weighted by molar-refractivity contribution is 0.0200. The predicted molar refractivity (Wildman–Crippen MR) is 110 cm³/mol. The molecule has 2 N–H and O–H groups in total. The minimum absolute atomic E-state index is 0.0131. The molecule has 154 valence electrons. The molecule has 0 aromatic heterocycles. The zero-order valence-corrected chi connectivity index (χ0v) is 16.6. The van der Waals surface area contributed by atoms with E-state index in [0.29, 0.717) is 12.1 Å². The number of carbonyl (C=O) groups excluding carboxylic acids is 1. The van der Waals surface area contributed by atoms with Crippen molar-refractivity contribution in [1.29, 1.82) is 0 Å². The fourth-order valence-corrected chi connectivity index (χ4v) is 4.69. The van der Waals surface area contributed by atoms with Gasteiger partial charge in [-0.3, -0.25) is 4.90 Å². The maximum atomic E-state index is 13.8. The van der Waals surface area contributed by atoms with E-state index in [1.165, 1.54) is 23.6 Å². The third-order valence-corrected chi connectivity index (χ3v) is 6.13. The van der Waals surface area contributed by atoms with E-state index in [0.717, 1.165) is 44.4 Å². The maximum absolute atomic E-state index is 13.8. The number of aryl methyl sites for hydroxylation is 1. The molecule has 2 aromatic rings. The van der Waals surface area contributed by atoms with Crippen molar-refractivity contribution in [2.45, 2.75) is 63.7 Å². The molecule has 2 saturated heterocycles. The summed E-state index contributed by atoms with van der Waals surface area (Å²) in [5, 5.41) is 5.49. The van der Waals surface area contributed by atoms with Crippen molar-refractivity contribution in [3.05, 3.63) is 65.2 Å². The third-order valence-electron chi connectivity index (χ3n) is 6.13. The van der Waals surface area contributed by atoms with Crippen molar-refractivity contribution in [3.63, 3.8) is 0 Å². The van der Waals surface area contributed by atoms with Gasteiger partial charge in [-0.05, 0) is 50.3 Å². The van der Waals surface area contributed by atoms with Gasteiger partial charge in [0.15, 0.2) is 0 Å². The predicted octanol–water partition coefficient (Wildman–Crippen LogP) is 4.98. The van der Waals surface area contributed by atoms with Crippen molar-refractivity contribution in [3.8, 4) is 0 Å². The fourth-order valence-electron chi connectivity index (χ4n) is 4.69. The number of benzene rings is 2. The molecular weight excluding hydrogens is 372 g/mol. The minimum Gasteiger partial charge on any atom is -0.335 e. The van der Waals surface area contributed by atoms with E-state index in [1.54, 1.807) is 0 Å². The van der Waals surface area contributed by atoms with Crippen LogP contribution in [0.2, 0.25) is 0 Å². The first kappa shape index (κ1) is 19.8. The average molecular weight is 399 g/mol. The highest BCUT2D eigenvalue weighted by atomic mass is 19.1. The Morgan fingerprint density at radius 2 is 1.76 bits per heavy atom. The molecule has 2 amide bonds. The third kappa shape index (κ3) is 4.75. The normalized spacial score (nSPS) is 24.2. The number of hydrogen-bond acceptors (Lipinski definition) is 2. The molecule has 2 heterocycles. The van der Waals surface area contributed by atoms with Crippen LogP contribution in [0.1, 0.15) is 43.2 Å². The Hall–Kier alpha value is -2.47. The second-order valence-electron chi connectivity index (χ2n) is 8.29. The van der Waals surface area contributed by atoms with Crippen molar-refractivity contribution in [1.82, 2.24) is 10.2 Å². The summed E-state index contributed by atoms with van der Waals surface area (Å²) in [6.45, 7) is 3.04. The highest BCUT2D eigenvalue weighted by Gasteiger charge is 2.38. The highest BCUT2D eigenvalue weighted by Crippen LogP contribution is 2.35. The number of fused-ring (bicyclic) bond motifs is 2. The van der Waals surface area contributed by atoms with E-state index in [-0.39, 0.29) is 11.7 Å². The van der Waals surface area contributed by atoms with Crippen molar-refractivity contribution in [2.24, 2.45) is 0 Å². The molecular formula is C23H27F2N3O. The minimum atomic E-state index is -0.773. The summed E-state index contributed by atoms with van der Waals surface area (Å²) >= 11 is 0. The van der Waals surface area contributed by atoms with Crippen LogP contribution in [0.5, 0.6) is 0 Å². The summed E-state index contributed by atoms with van der Waals surface area (Å²) < 4.78 is 26.8. The molecule has 2 aliphatic rings. The number of rotatable bonds is 4. The Bertz CT molecular complexity index is 857. The van der Waals surface area contributed by atoms with Crippen molar-refractivity contribution >= 4 is 11.7 Å². The van der Waals surface area contributed by atoms with E-state index < -0.39 is 17.7 Å². The summed E-state index contributed by atoms with van der Waals surface area (Å²) in [7, 11) is 0. The van der Waals surface area contributed by atoms with Crippen LogP contribution in [0.4, 0.5) is 19.3 Å². The van der Waals surface area contributed by atoms with E-state index in [2.05, 4.69) is 46.7 Å². The van der Waals surface area contributed by atoms with E-state index in [1.807, 2.05) is 0 Å². The van der Waals surface area contributed by atoms with Gasteiger partial charge in [-0.1, -0.05) is 36.2 Å². The fraction of sp³-hybridized carbons (Fsp3) is 0.435. The zero-order valence-electron chi connectivity index (χ0n) is 16.6. The summed E-state index contributed by atoms with van der Waals surface area (Å²) in [6.07, 6.45) is 5.27. The lowest BCUT2D eigenvalue weighted by Crippen LogP contribution is -2.56. The van der Waals surface area contributed by atoms with Gasteiger partial charge in [-0.25, -0.2) is 13.6 Å². The molecule has 3 atom stereocenters. The summed E-state index contributed by atoms with van der Waals surface area (Å²) in [4.78, 5) is 14.9. The van der Waals surface area contributed by atoms with Crippen LogP contribution in [0.15, 0.2) is 42.5 Å². The number of carbonyl (C=O) groups is 1. The number of urea groups is 1. The Morgan fingerprint density at radius 1 is 1.07 bits per heavy atom. The number of nitrogens with zero attached hydrogens (tertiary/aromatic N) is 1. The Kier molecular flexibility index (Phi) is 5.81. The lowest BCUT2D eigenvalue weighted by atomic mass is 9.81. The van der Waals surface area contributed by atoms with Crippen LogP contribution in [0.3, 0.4) is 0 Å². The molecule has 2 aromatic carbocycles. The number of anilines is 1. The van der Waals surface area contributed by atoms with E-state index in [9.17, 15) is 13.6 Å². The van der Waals surface area contributed by atoms with Gasteiger partial charge in [-0.2, -0.15) is 0 Å². The molecule has 0 saturated carbocycles. The molecule has 2 fully saturated rings. The molecule has 0 spiro atoms. The standard InChI is InChI=1S/C23H27F2N3O/c1-15-5-7-16(8-6-15)14-28-19-3-2-4-20(28)13-18(12-19)26-23(29)27-22-10-9-17(24)11-21(22)25/h5-11,18-20H,2-4,12-14H2,1H3,(H2,26,27,29)/t18?,19-,20+. The lowest BCUT2D eigenvalue weighted by Gasteiger charge is -2.49. The zero-order chi connectivity index (χ0) is 20.4. The Morgan fingerprint density at radius 3 is 2.41 bits per heavy atom. The quantitative estimate of drug-likeness (QED) is 0.762. The number of hydrogen-bond donors (Lipinski definition) is 2. The maximum Gasteiger partial charge on any atom is 0.319 e. The van der Waals surface area contributed by atoms with Crippen LogP contribution >= 0.6 is 0 Å². The van der Waals surface area contributed by atoms with Gasteiger partial charge in [0.2, 0.25) is 0 Å². The average Bonchev–Trinajstić information content (AvgIpc) is 2.66. The van der Waals surface area contributed by atoms with Gasteiger partial charge in [0.05, 0.1) is 5.69 Å². The van der Waals surface area contributed by atoms with Gasteiger partial charge in [0, 0.05) is 30.7 Å². The van der Waals surface area contributed by atoms with Crippen LogP contribution in [-0.4, -0.2) is 29.1 Å². The largest absolute Gasteiger partial charge is 0.335 e. The van der Waals surface area contributed by atoms with Crippen molar-refractivity contribution < 1.29 is 13.6 Å². The summed E-state index contributed by atoms with van der Waals surface area (Å²) in [6, 6.07) is 12.3. The van der Waals surface area contributed by atoms with Gasteiger partial charge in [0.25, 0.3) is 0 Å². The van der Waals surface area contributed by atoms with Gasteiger partial charge in [0.1, 0.15) is 11.6 Å². The van der Waals surface area contributed by atoms with Crippen LogP contribution in [0.25, 0.3) is 0 Å². The number of halogens is 2. The van der Waals surface area contributed by atoms with E-state index >= 15 is 0 Å². The van der Waals surface area contributed by atoms with Crippen molar-refractivity contribution in [2.75, 3.05) is 5.32 Å². The molecule has 1 unspecified atom stereocenters. The smallest absolute Gasteiger partial charge is 0.319 e. The van der Waals surface area contributed by atoms with Gasteiger partial charge < -0.3 is 10.6 Å². The van der Waals surface area contributed by atoms with E-state index in [4.69, 9.17) is 0 Å². The molecule has 29 heavy (non-hydrogen) atoms. The second-order valence-corrected chi connectivity index (χ2v) is 8.29. The molecule has 0 aliphatic carbocycles. The Balaban J connectivity index is 1.36.